The first-order chi connectivity index (χ1) is 9.33. The summed E-state index contributed by atoms with van der Waals surface area (Å²) in [5.74, 6) is 0. The van der Waals surface area contributed by atoms with Gasteiger partial charge in [-0.3, -0.25) is 9.88 Å². The molecule has 0 fully saturated rings. The van der Waals surface area contributed by atoms with Gasteiger partial charge in [0, 0.05) is 19.3 Å². The zero-order valence-corrected chi connectivity index (χ0v) is 11.0. The highest BCUT2D eigenvalue weighted by molar-refractivity contribution is 5.41. The maximum Gasteiger partial charge on any atom is 0.0772 e. The van der Waals surface area contributed by atoms with Crippen LogP contribution in [-0.4, -0.2) is 16.4 Å². The second-order valence-electron chi connectivity index (χ2n) is 5.12. The van der Waals surface area contributed by atoms with Gasteiger partial charge >= 0.3 is 0 Å². The molecule has 2 N–H and O–H groups in total. The highest BCUT2D eigenvalue weighted by Crippen LogP contribution is 2.20. The molecule has 0 saturated heterocycles. The summed E-state index contributed by atoms with van der Waals surface area (Å²) >= 11 is 0. The molecule has 0 radical (unpaired) electrons. The number of nitrogen functional groups attached to an aromatic ring is 1. The minimum atomic E-state index is 0.792. The second-order valence-corrected chi connectivity index (χ2v) is 5.12. The van der Waals surface area contributed by atoms with Gasteiger partial charge in [-0.25, -0.2) is 0 Å². The third kappa shape index (κ3) is 2.76. The SMILES string of the molecule is Nc1cccnc1CN1CCCc2ccccc2C1. The van der Waals surface area contributed by atoms with Crippen LogP contribution in [0.1, 0.15) is 23.2 Å². The van der Waals surface area contributed by atoms with E-state index >= 15 is 0 Å². The van der Waals surface area contributed by atoms with Crippen molar-refractivity contribution in [3.05, 3.63) is 59.4 Å². The van der Waals surface area contributed by atoms with Crippen LogP contribution in [0.25, 0.3) is 0 Å². The van der Waals surface area contributed by atoms with E-state index in [0.717, 1.165) is 31.0 Å². The minimum absolute atomic E-state index is 0.792. The van der Waals surface area contributed by atoms with E-state index in [1.807, 2.05) is 18.3 Å². The topological polar surface area (TPSA) is 42.1 Å². The minimum Gasteiger partial charge on any atom is -0.397 e. The molecular weight excluding hydrogens is 234 g/mol. The van der Waals surface area contributed by atoms with Gasteiger partial charge in [0.05, 0.1) is 11.4 Å². The standard InChI is InChI=1S/C16H19N3/c17-15-8-3-9-18-16(15)12-19-10-4-7-13-5-1-2-6-14(13)11-19/h1-3,5-6,8-9H,4,7,10-12,17H2. The van der Waals surface area contributed by atoms with Crippen molar-refractivity contribution in [3.8, 4) is 0 Å². The Hall–Kier alpha value is -1.87. The zero-order valence-electron chi connectivity index (χ0n) is 11.0. The van der Waals surface area contributed by atoms with Crippen molar-refractivity contribution in [3.63, 3.8) is 0 Å². The summed E-state index contributed by atoms with van der Waals surface area (Å²) in [7, 11) is 0. The molecule has 19 heavy (non-hydrogen) atoms. The second kappa shape index (κ2) is 5.41. The molecule has 98 valence electrons. The molecule has 3 rings (SSSR count). The number of pyridine rings is 1. The van der Waals surface area contributed by atoms with Crippen molar-refractivity contribution in [2.45, 2.75) is 25.9 Å². The average Bonchev–Trinajstić information content (AvgIpc) is 2.63. The van der Waals surface area contributed by atoms with Gasteiger partial charge in [0.25, 0.3) is 0 Å². The summed E-state index contributed by atoms with van der Waals surface area (Å²) in [5, 5.41) is 0. The number of rotatable bonds is 2. The number of nitrogens with two attached hydrogens (primary N) is 1. The molecule has 3 nitrogen and oxygen atoms in total. The van der Waals surface area contributed by atoms with Gasteiger partial charge in [-0.15, -0.1) is 0 Å². The zero-order chi connectivity index (χ0) is 13.1. The summed E-state index contributed by atoms with van der Waals surface area (Å²) in [5.41, 5.74) is 10.7. The smallest absolute Gasteiger partial charge is 0.0772 e. The van der Waals surface area contributed by atoms with Crippen molar-refractivity contribution in [1.82, 2.24) is 9.88 Å². The van der Waals surface area contributed by atoms with E-state index in [0.29, 0.717) is 0 Å². The van der Waals surface area contributed by atoms with Crippen molar-refractivity contribution in [2.24, 2.45) is 0 Å². The largest absolute Gasteiger partial charge is 0.397 e. The van der Waals surface area contributed by atoms with E-state index in [9.17, 15) is 0 Å². The Labute approximate surface area is 114 Å². The molecule has 0 aliphatic carbocycles. The molecular formula is C16H19N3. The van der Waals surface area contributed by atoms with Gasteiger partial charge in [-0.1, -0.05) is 24.3 Å². The predicted octanol–water partition coefficient (Wildman–Crippen LogP) is 2.61. The van der Waals surface area contributed by atoms with Crippen molar-refractivity contribution < 1.29 is 0 Å². The van der Waals surface area contributed by atoms with Crippen LogP contribution >= 0.6 is 0 Å². The number of benzene rings is 1. The van der Waals surface area contributed by atoms with E-state index in [1.165, 1.54) is 24.0 Å². The van der Waals surface area contributed by atoms with E-state index in [-0.39, 0.29) is 0 Å². The monoisotopic (exact) mass is 253 g/mol. The number of hydrogen-bond donors (Lipinski definition) is 1. The Morgan fingerprint density at radius 3 is 2.79 bits per heavy atom. The summed E-state index contributed by atoms with van der Waals surface area (Å²) in [6.45, 7) is 2.93. The highest BCUT2D eigenvalue weighted by Gasteiger charge is 2.15. The number of anilines is 1. The summed E-state index contributed by atoms with van der Waals surface area (Å²) < 4.78 is 0. The van der Waals surface area contributed by atoms with E-state index in [2.05, 4.69) is 34.1 Å². The van der Waals surface area contributed by atoms with Crippen LogP contribution in [0.5, 0.6) is 0 Å². The molecule has 0 saturated carbocycles. The third-order valence-electron chi connectivity index (χ3n) is 3.73. The van der Waals surface area contributed by atoms with Crippen molar-refractivity contribution >= 4 is 5.69 Å². The lowest BCUT2D eigenvalue weighted by Gasteiger charge is -2.20. The average molecular weight is 253 g/mol. The molecule has 0 atom stereocenters. The van der Waals surface area contributed by atoms with Crippen molar-refractivity contribution in [1.29, 1.82) is 0 Å². The molecule has 2 heterocycles. The van der Waals surface area contributed by atoms with Crippen LogP contribution in [0.15, 0.2) is 42.6 Å². The Balaban J connectivity index is 1.78. The fourth-order valence-corrected chi connectivity index (χ4v) is 2.70. The van der Waals surface area contributed by atoms with Gasteiger partial charge in [0.15, 0.2) is 0 Å². The van der Waals surface area contributed by atoms with Gasteiger partial charge in [0.1, 0.15) is 0 Å². The summed E-state index contributed by atoms with van der Waals surface area (Å²) in [6, 6.07) is 12.5. The quantitative estimate of drug-likeness (QED) is 0.894. The van der Waals surface area contributed by atoms with Crippen LogP contribution < -0.4 is 5.73 Å². The maximum atomic E-state index is 5.98. The first-order valence-electron chi connectivity index (χ1n) is 6.81. The number of fused-ring (bicyclic) bond motifs is 1. The summed E-state index contributed by atoms with van der Waals surface area (Å²) in [4.78, 5) is 6.83. The van der Waals surface area contributed by atoms with E-state index in [4.69, 9.17) is 5.73 Å². The van der Waals surface area contributed by atoms with Gasteiger partial charge < -0.3 is 5.73 Å². The lowest BCUT2D eigenvalue weighted by atomic mass is 10.0. The molecule has 1 aromatic heterocycles. The van der Waals surface area contributed by atoms with E-state index < -0.39 is 0 Å². The molecule has 2 aromatic rings. The predicted molar refractivity (Wildman–Crippen MR) is 77.5 cm³/mol. The lowest BCUT2D eigenvalue weighted by molar-refractivity contribution is 0.258. The molecule has 1 aliphatic heterocycles. The first kappa shape index (κ1) is 12.2. The number of aryl methyl sites for hydroxylation is 1. The van der Waals surface area contributed by atoms with Crippen LogP contribution in [0.2, 0.25) is 0 Å². The van der Waals surface area contributed by atoms with E-state index in [1.54, 1.807) is 0 Å². The maximum absolute atomic E-state index is 5.98. The lowest BCUT2D eigenvalue weighted by Crippen LogP contribution is -2.23. The Kier molecular flexibility index (Phi) is 3.47. The van der Waals surface area contributed by atoms with Crippen LogP contribution in [0.4, 0.5) is 5.69 Å². The van der Waals surface area contributed by atoms with Crippen LogP contribution in [-0.2, 0) is 19.5 Å². The fraction of sp³-hybridized carbons (Fsp3) is 0.312. The first-order valence-corrected chi connectivity index (χ1v) is 6.81. The molecule has 0 spiro atoms. The number of aromatic nitrogens is 1. The summed E-state index contributed by atoms with van der Waals surface area (Å²) in [6.07, 6.45) is 4.19. The number of nitrogens with zero attached hydrogens (tertiary/aromatic N) is 2. The molecule has 0 amide bonds. The Morgan fingerprint density at radius 1 is 1.11 bits per heavy atom. The third-order valence-corrected chi connectivity index (χ3v) is 3.73. The molecule has 3 heteroatoms. The van der Waals surface area contributed by atoms with Gasteiger partial charge in [0.2, 0.25) is 0 Å². The van der Waals surface area contributed by atoms with Crippen molar-refractivity contribution in [2.75, 3.05) is 12.3 Å². The Morgan fingerprint density at radius 2 is 1.95 bits per heavy atom. The normalized spacial score (nSPS) is 15.8. The highest BCUT2D eigenvalue weighted by atomic mass is 15.1. The molecule has 1 aliphatic rings. The van der Waals surface area contributed by atoms with Gasteiger partial charge in [-0.05, 0) is 42.6 Å². The van der Waals surface area contributed by atoms with Gasteiger partial charge in [-0.2, -0.15) is 0 Å². The molecule has 1 aromatic carbocycles. The molecule has 0 bridgehead atoms. The Bertz CT molecular complexity index is 565. The fourth-order valence-electron chi connectivity index (χ4n) is 2.70. The molecule has 0 unspecified atom stereocenters. The van der Waals surface area contributed by atoms with Crippen LogP contribution in [0, 0.1) is 0 Å². The number of hydrogen-bond acceptors (Lipinski definition) is 3. The van der Waals surface area contributed by atoms with Crippen LogP contribution in [0.3, 0.4) is 0 Å².